The summed E-state index contributed by atoms with van der Waals surface area (Å²) in [6.07, 6.45) is 0. The first-order valence-corrected chi connectivity index (χ1v) is 21.1. The van der Waals surface area contributed by atoms with Crippen LogP contribution in [-0.4, -0.2) is 19.5 Å². The Kier molecular flexibility index (Phi) is 7.80. The Morgan fingerprint density at radius 1 is 0.302 bits per heavy atom. The number of hydrogen-bond acceptors (Lipinski definition) is 5. The average molecular weight is 807 g/mol. The number of aromatic nitrogens is 4. The van der Waals surface area contributed by atoms with Gasteiger partial charge in [0.1, 0.15) is 22.3 Å². The number of furan rings is 2. The van der Waals surface area contributed by atoms with E-state index in [9.17, 15) is 0 Å². The second-order valence-corrected chi connectivity index (χ2v) is 16.0. The number of benzene rings is 9. The monoisotopic (exact) mass is 806 g/mol. The van der Waals surface area contributed by atoms with Crippen molar-refractivity contribution in [1.82, 2.24) is 19.5 Å². The third kappa shape index (κ3) is 5.76. The van der Waals surface area contributed by atoms with Crippen LogP contribution in [0.2, 0.25) is 0 Å². The van der Waals surface area contributed by atoms with Crippen LogP contribution < -0.4 is 0 Å². The van der Waals surface area contributed by atoms with Gasteiger partial charge in [-0.3, -0.25) is 0 Å². The molecule has 6 heteroatoms. The number of rotatable bonds is 6. The van der Waals surface area contributed by atoms with E-state index in [0.717, 1.165) is 88.5 Å². The molecule has 4 aromatic heterocycles. The van der Waals surface area contributed by atoms with Gasteiger partial charge in [0.2, 0.25) is 0 Å². The van der Waals surface area contributed by atoms with Gasteiger partial charge in [-0.1, -0.05) is 146 Å². The van der Waals surface area contributed by atoms with E-state index in [1.54, 1.807) is 0 Å². The van der Waals surface area contributed by atoms with Gasteiger partial charge in [0, 0.05) is 54.7 Å². The smallest absolute Gasteiger partial charge is 0.164 e. The fraction of sp³-hybridized carbons (Fsp3) is 0. The van der Waals surface area contributed by atoms with E-state index in [2.05, 4.69) is 174 Å². The van der Waals surface area contributed by atoms with Crippen molar-refractivity contribution in [1.29, 1.82) is 0 Å². The van der Waals surface area contributed by atoms with Gasteiger partial charge in [-0.15, -0.1) is 0 Å². The zero-order valence-corrected chi connectivity index (χ0v) is 33.7. The van der Waals surface area contributed by atoms with E-state index in [-0.39, 0.29) is 0 Å². The molecule has 9 aromatic carbocycles. The van der Waals surface area contributed by atoms with Gasteiger partial charge >= 0.3 is 0 Å². The van der Waals surface area contributed by atoms with Gasteiger partial charge in [-0.2, -0.15) is 0 Å². The quantitative estimate of drug-likeness (QED) is 0.167. The molecule has 0 aliphatic carbocycles. The maximum atomic E-state index is 6.57. The standard InChI is InChI=1S/C57H34N4O2/c1-3-12-35(13-4-1)36-22-24-38(25-23-36)55-58-56(60-57(59-55)40-27-30-46-53(33-40)63-51-21-11-18-42(54(46)51)37-14-5-2-6-15-37)39-26-29-45-47-34-41(28-31-50(47)62-52(45)32-39)61-48-19-9-7-16-43(48)44-17-8-10-20-49(44)61/h1-34H. The molecular weight excluding hydrogens is 773 g/mol. The highest BCUT2D eigenvalue weighted by Crippen LogP contribution is 2.40. The molecule has 0 atom stereocenters. The summed E-state index contributed by atoms with van der Waals surface area (Å²) in [6, 6.07) is 71.5. The molecule has 63 heavy (non-hydrogen) atoms. The van der Waals surface area contributed by atoms with Crippen molar-refractivity contribution in [2.24, 2.45) is 0 Å². The molecule has 0 amide bonds. The summed E-state index contributed by atoms with van der Waals surface area (Å²) in [5.74, 6) is 1.67. The average Bonchev–Trinajstić information content (AvgIpc) is 4.03. The molecule has 0 radical (unpaired) electrons. The van der Waals surface area contributed by atoms with Crippen molar-refractivity contribution in [3.8, 4) is 62.1 Å². The number of para-hydroxylation sites is 2. The van der Waals surface area contributed by atoms with Gasteiger partial charge in [0.25, 0.3) is 0 Å². The summed E-state index contributed by atoms with van der Waals surface area (Å²) in [5, 5.41) is 6.65. The lowest BCUT2D eigenvalue weighted by Gasteiger charge is -2.09. The minimum atomic E-state index is 0.548. The molecule has 0 fully saturated rings. The summed E-state index contributed by atoms with van der Waals surface area (Å²) in [4.78, 5) is 15.4. The van der Waals surface area contributed by atoms with E-state index in [4.69, 9.17) is 23.8 Å². The molecule has 13 aromatic rings. The summed E-state index contributed by atoms with van der Waals surface area (Å²) >= 11 is 0. The van der Waals surface area contributed by atoms with Gasteiger partial charge in [0.05, 0.1) is 11.0 Å². The zero-order valence-electron chi connectivity index (χ0n) is 33.7. The fourth-order valence-electron chi connectivity index (χ4n) is 9.27. The summed E-state index contributed by atoms with van der Waals surface area (Å²) in [7, 11) is 0. The molecular formula is C57H34N4O2. The van der Waals surface area contributed by atoms with Crippen LogP contribution >= 0.6 is 0 Å². The Balaban J connectivity index is 0.944. The van der Waals surface area contributed by atoms with Crippen LogP contribution in [0.1, 0.15) is 0 Å². The van der Waals surface area contributed by atoms with E-state index in [0.29, 0.717) is 17.5 Å². The molecule has 0 aliphatic heterocycles. The molecule has 0 N–H and O–H groups in total. The van der Waals surface area contributed by atoms with Gasteiger partial charge in [-0.05, 0) is 82.9 Å². The van der Waals surface area contributed by atoms with Crippen LogP contribution in [0.15, 0.2) is 215 Å². The Morgan fingerprint density at radius 2 is 0.825 bits per heavy atom. The molecule has 0 saturated carbocycles. The maximum Gasteiger partial charge on any atom is 0.164 e. The SMILES string of the molecule is c1ccc(-c2ccc(-c3nc(-c4ccc5c(c4)oc4ccc(-n6c7ccccc7c7ccccc76)cc45)nc(-c4ccc5c(c4)oc4cccc(-c6ccccc6)c45)n3)cc2)cc1. The Hall–Kier alpha value is -8.61. The van der Waals surface area contributed by atoms with Crippen LogP contribution in [0, 0.1) is 0 Å². The lowest BCUT2D eigenvalue weighted by molar-refractivity contribution is 0.668. The van der Waals surface area contributed by atoms with E-state index in [1.165, 1.54) is 21.8 Å². The lowest BCUT2D eigenvalue weighted by atomic mass is 9.99. The highest BCUT2D eigenvalue weighted by atomic mass is 16.3. The van der Waals surface area contributed by atoms with Crippen molar-refractivity contribution in [2.45, 2.75) is 0 Å². The van der Waals surface area contributed by atoms with Crippen molar-refractivity contribution in [2.75, 3.05) is 0 Å². The maximum absolute atomic E-state index is 6.57. The van der Waals surface area contributed by atoms with Gasteiger partial charge in [-0.25, -0.2) is 15.0 Å². The predicted octanol–water partition coefficient (Wildman–Crippen LogP) is 15.1. The molecule has 0 aliphatic rings. The van der Waals surface area contributed by atoms with Crippen molar-refractivity contribution in [3.05, 3.63) is 206 Å². The van der Waals surface area contributed by atoms with Gasteiger partial charge in [0.15, 0.2) is 17.5 Å². The first-order valence-electron chi connectivity index (χ1n) is 21.1. The van der Waals surface area contributed by atoms with E-state index < -0.39 is 0 Å². The molecule has 6 nitrogen and oxygen atoms in total. The van der Waals surface area contributed by atoms with Crippen molar-refractivity contribution >= 4 is 65.7 Å². The minimum absolute atomic E-state index is 0.548. The molecule has 0 saturated heterocycles. The van der Waals surface area contributed by atoms with Crippen molar-refractivity contribution in [3.63, 3.8) is 0 Å². The summed E-state index contributed by atoms with van der Waals surface area (Å²) < 4.78 is 15.4. The van der Waals surface area contributed by atoms with Crippen LogP contribution in [0.25, 0.3) is 128 Å². The second kappa shape index (κ2) is 14.0. The largest absolute Gasteiger partial charge is 0.456 e. The summed E-state index contributed by atoms with van der Waals surface area (Å²) in [6.45, 7) is 0. The normalized spacial score (nSPS) is 11.8. The Morgan fingerprint density at radius 3 is 1.51 bits per heavy atom. The number of nitrogens with zero attached hydrogens (tertiary/aromatic N) is 4. The van der Waals surface area contributed by atoms with Gasteiger partial charge < -0.3 is 13.4 Å². The molecule has 0 bridgehead atoms. The Labute approximate surface area is 361 Å². The van der Waals surface area contributed by atoms with E-state index >= 15 is 0 Å². The van der Waals surface area contributed by atoms with E-state index in [1.807, 2.05) is 36.4 Å². The Bertz CT molecular complexity index is 3850. The lowest BCUT2D eigenvalue weighted by Crippen LogP contribution is -2.00. The minimum Gasteiger partial charge on any atom is -0.456 e. The molecule has 0 spiro atoms. The van der Waals surface area contributed by atoms with Crippen LogP contribution in [0.5, 0.6) is 0 Å². The molecule has 13 rings (SSSR count). The third-order valence-electron chi connectivity index (χ3n) is 12.3. The van der Waals surface area contributed by atoms with Crippen LogP contribution in [0.3, 0.4) is 0 Å². The first kappa shape index (κ1) is 35.2. The third-order valence-corrected chi connectivity index (χ3v) is 12.3. The van der Waals surface area contributed by atoms with Crippen LogP contribution in [-0.2, 0) is 0 Å². The second-order valence-electron chi connectivity index (χ2n) is 16.0. The fourth-order valence-corrected chi connectivity index (χ4v) is 9.27. The number of fused-ring (bicyclic) bond motifs is 9. The predicted molar refractivity (Wildman–Crippen MR) is 256 cm³/mol. The van der Waals surface area contributed by atoms with Crippen LogP contribution in [0.4, 0.5) is 0 Å². The molecule has 294 valence electrons. The highest BCUT2D eigenvalue weighted by Gasteiger charge is 2.19. The topological polar surface area (TPSA) is 69.9 Å². The highest BCUT2D eigenvalue weighted by molar-refractivity contribution is 6.13. The first-order chi connectivity index (χ1) is 31.2. The molecule has 0 unspecified atom stereocenters. The summed E-state index contributed by atoms with van der Waals surface area (Å²) in [5.41, 5.74) is 13.7. The van der Waals surface area contributed by atoms with Crippen molar-refractivity contribution < 1.29 is 8.83 Å². The molecule has 4 heterocycles. The zero-order chi connectivity index (χ0) is 41.4. The number of hydrogen-bond donors (Lipinski definition) is 0.